The van der Waals surface area contributed by atoms with Gasteiger partial charge in [0.1, 0.15) is 0 Å². The summed E-state index contributed by atoms with van der Waals surface area (Å²) < 4.78 is 64.1. The van der Waals surface area contributed by atoms with Crippen molar-refractivity contribution in [2.75, 3.05) is 0 Å². The fourth-order valence-corrected chi connectivity index (χ4v) is 7.50. The van der Waals surface area contributed by atoms with E-state index in [0.717, 1.165) is 22.1 Å². The predicted molar refractivity (Wildman–Crippen MR) is 151 cm³/mol. The number of rotatable bonds is 8. The first kappa shape index (κ1) is 29.6. The van der Waals surface area contributed by atoms with Gasteiger partial charge in [-0.3, -0.25) is 0 Å². The Balaban J connectivity index is 2.45. The van der Waals surface area contributed by atoms with Crippen LogP contribution in [0.1, 0.15) is 87.7 Å². The van der Waals surface area contributed by atoms with Crippen LogP contribution < -0.4 is 0 Å². The molecule has 2 nitrogen and oxygen atoms in total. The van der Waals surface area contributed by atoms with E-state index in [1.54, 1.807) is 37.8 Å². The van der Waals surface area contributed by atoms with Crippen molar-refractivity contribution in [1.82, 2.24) is 0 Å². The third kappa shape index (κ3) is 6.55. The average Bonchev–Trinajstić information content (AvgIpc) is 2.79. The molecule has 0 saturated carbocycles. The molecule has 0 N–H and O–H groups in total. The van der Waals surface area contributed by atoms with Gasteiger partial charge >= 0.3 is 6.18 Å². The Labute approximate surface area is 223 Å². The molecule has 0 radical (unpaired) electrons. The Morgan fingerprint density at radius 1 is 0.757 bits per heavy atom. The highest BCUT2D eigenvalue weighted by Gasteiger charge is 2.46. The number of halogens is 3. The summed E-state index contributed by atoms with van der Waals surface area (Å²) in [6.45, 7) is 17.6. The first-order valence-corrected chi connectivity index (χ1v) is 17.4. The fraction of sp³-hybridized carbons (Fsp3) is 0.467. The standard InChI is InChI=1S/C30H39F3O2SSi/c1-18(2)22-16-25(19(3)4)28(26(17-22)20(5)6)36(34)27-23-13-11-10-12-21(23)14-15-24(27)29(30(31,32)33)35-37(7,8)9/h10-20,29H,1-9H3/t29-,36?/m0/s1. The highest BCUT2D eigenvalue weighted by atomic mass is 32.2. The van der Waals surface area contributed by atoms with Crippen LogP contribution in [-0.4, -0.2) is 18.7 Å². The van der Waals surface area contributed by atoms with Gasteiger partial charge in [-0.05, 0) is 64.9 Å². The summed E-state index contributed by atoms with van der Waals surface area (Å²) >= 11 is 0. The van der Waals surface area contributed by atoms with E-state index in [0.29, 0.717) is 10.3 Å². The third-order valence-electron chi connectivity index (χ3n) is 6.41. The molecule has 0 saturated heterocycles. The second-order valence-corrected chi connectivity index (χ2v) is 17.4. The molecular formula is C30H39F3O2SSi. The summed E-state index contributed by atoms with van der Waals surface area (Å²) in [6, 6.07) is 14.5. The van der Waals surface area contributed by atoms with E-state index in [2.05, 4.69) is 26.0 Å². The maximum atomic E-state index is 14.7. The number of benzene rings is 3. The van der Waals surface area contributed by atoms with E-state index in [4.69, 9.17) is 4.43 Å². The zero-order valence-corrected chi connectivity index (χ0v) is 25.1. The van der Waals surface area contributed by atoms with Crippen molar-refractivity contribution in [3.63, 3.8) is 0 Å². The molecule has 3 rings (SSSR count). The van der Waals surface area contributed by atoms with Gasteiger partial charge in [0.25, 0.3) is 0 Å². The van der Waals surface area contributed by atoms with Crippen LogP contribution in [0.3, 0.4) is 0 Å². The lowest BCUT2D eigenvalue weighted by Crippen LogP contribution is -2.35. The highest BCUT2D eigenvalue weighted by molar-refractivity contribution is 7.85. The average molecular weight is 549 g/mol. The molecule has 0 aromatic heterocycles. The normalized spacial score (nSPS) is 14.7. The van der Waals surface area contributed by atoms with Gasteiger partial charge in [-0.15, -0.1) is 0 Å². The van der Waals surface area contributed by atoms with Crippen LogP contribution in [0.25, 0.3) is 10.8 Å². The highest BCUT2D eigenvalue weighted by Crippen LogP contribution is 2.45. The van der Waals surface area contributed by atoms with E-state index in [1.165, 1.54) is 6.07 Å². The lowest BCUT2D eigenvalue weighted by atomic mass is 9.89. The monoisotopic (exact) mass is 548 g/mol. The van der Waals surface area contributed by atoms with Gasteiger partial charge in [0.15, 0.2) is 14.4 Å². The lowest BCUT2D eigenvalue weighted by Gasteiger charge is -2.30. The van der Waals surface area contributed by atoms with E-state index >= 15 is 0 Å². The van der Waals surface area contributed by atoms with Crippen LogP contribution in [0.4, 0.5) is 13.2 Å². The van der Waals surface area contributed by atoms with Crippen molar-refractivity contribution in [3.05, 3.63) is 70.8 Å². The summed E-state index contributed by atoms with van der Waals surface area (Å²) in [5, 5.41) is 1.31. The van der Waals surface area contributed by atoms with Crippen molar-refractivity contribution < 1.29 is 21.8 Å². The minimum Gasteiger partial charge on any atom is -0.403 e. The zero-order chi connectivity index (χ0) is 27.9. The molecular weight excluding hydrogens is 509 g/mol. The molecule has 37 heavy (non-hydrogen) atoms. The quantitative estimate of drug-likeness (QED) is 0.262. The van der Waals surface area contributed by atoms with Gasteiger partial charge < -0.3 is 4.43 Å². The molecule has 0 bridgehead atoms. The lowest BCUT2D eigenvalue weighted by molar-refractivity contribution is -0.201. The van der Waals surface area contributed by atoms with Crippen LogP contribution >= 0.6 is 0 Å². The molecule has 0 aliphatic heterocycles. The first-order chi connectivity index (χ1) is 17.0. The maximum absolute atomic E-state index is 14.7. The Kier molecular flexibility index (Phi) is 8.82. The van der Waals surface area contributed by atoms with Crippen molar-refractivity contribution in [3.8, 4) is 0 Å². The molecule has 2 atom stereocenters. The fourth-order valence-electron chi connectivity index (χ4n) is 4.54. The van der Waals surface area contributed by atoms with Crippen molar-refractivity contribution in [2.24, 2.45) is 0 Å². The Morgan fingerprint density at radius 2 is 1.30 bits per heavy atom. The van der Waals surface area contributed by atoms with E-state index in [1.807, 2.05) is 39.8 Å². The molecule has 0 aliphatic carbocycles. The number of alkyl halides is 3. The summed E-state index contributed by atoms with van der Waals surface area (Å²) in [7, 11) is -4.48. The van der Waals surface area contributed by atoms with E-state index < -0.39 is 31.4 Å². The molecule has 7 heteroatoms. The molecule has 0 heterocycles. The molecule has 0 fully saturated rings. The van der Waals surface area contributed by atoms with Crippen LogP contribution in [0.15, 0.2) is 58.3 Å². The van der Waals surface area contributed by atoms with Crippen LogP contribution in [0.2, 0.25) is 19.6 Å². The molecule has 3 aromatic rings. The van der Waals surface area contributed by atoms with E-state index in [9.17, 15) is 17.4 Å². The van der Waals surface area contributed by atoms with Crippen LogP contribution in [0.5, 0.6) is 0 Å². The molecule has 3 aromatic carbocycles. The Bertz CT molecular complexity index is 1260. The second kappa shape index (κ2) is 11.0. The first-order valence-electron chi connectivity index (χ1n) is 12.9. The Morgan fingerprint density at radius 3 is 1.76 bits per heavy atom. The molecule has 1 unspecified atom stereocenters. The number of hydrogen-bond donors (Lipinski definition) is 0. The van der Waals surface area contributed by atoms with Crippen LogP contribution in [0, 0.1) is 0 Å². The van der Waals surface area contributed by atoms with Gasteiger partial charge in [0.2, 0.25) is 0 Å². The second-order valence-electron chi connectivity index (χ2n) is 11.6. The topological polar surface area (TPSA) is 26.3 Å². The smallest absolute Gasteiger partial charge is 0.403 e. The summed E-state index contributed by atoms with van der Waals surface area (Å²) in [4.78, 5) is 0.820. The minimum atomic E-state index is -4.65. The number of fused-ring (bicyclic) bond motifs is 1. The van der Waals surface area contributed by atoms with Crippen molar-refractivity contribution >= 4 is 29.9 Å². The summed E-state index contributed by atoms with van der Waals surface area (Å²) in [5.41, 5.74) is 2.91. The maximum Gasteiger partial charge on any atom is 0.417 e. The van der Waals surface area contributed by atoms with Gasteiger partial charge in [-0.1, -0.05) is 90.1 Å². The zero-order valence-electron chi connectivity index (χ0n) is 23.3. The molecule has 0 aliphatic rings. The van der Waals surface area contributed by atoms with Gasteiger partial charge in [0.05, 0.1) is 20.6 Å². The third-order valence-corrected chi connectivity index (χ3v) is 9.02. The summed E-state index contributed by atoms with van der Waals surface area (Å²) in [5.74, 6) is 0.362. The molecule has 0 amide bonds. The molecule has 202 valence electrons. The Hall–Kier alpha value is -1.96. The molecule has 0 spiro atoms. The number of hydrogen-bond acceptors (Lipinski definition) is 2. The van der Waals surface area contributed by atoms with Crippen molar-refractivity contribution in [2.45, 2.75) is 101 Å². The summed E-state index contributed by atoms with van der Waals surface area (Å²) in [6.07, 6.45) is -6.80. The SMILES string of the molecule is CC(C)c1cc(C(C)C)c(S(=O)c2c([C@H](O[Si](C)(C)C)C(F)(F)F)ccc3ccccc23)c(C(C)C)c1. The van der Waals surface area contributed by atoms with Crippen molar-refractivity contribution in [1.29, 1.82) is 0 Å². The van der Waals surface area contributed by atoms with Gasteiger partial charge in [-0.25, -0.2) is 4.21 Å². The van der Waals surface area contributed by atoms with Crippen LogP contribution in [-0.2, 0) is 15.2 Å². The van der Waals surface area contributed by atoms with Gasteiger partial charge in [0, 0.05) is 5.56 Å². The predicted octanol–water partition coefficient (Wildman–Crippen LogP) is 9.83. The minimum absolute atomic E-state index is 0.0465. The van der Waals surface area contributed by atoms with E-state index in [-0.39, 0.29) is 28.2 Å². The largest absolute Gasteiger partial charge is 0.417 e. The van der Waals surface area contributed by atoms with Gasteiger partial charge in [-0.2, -0.15) is 13.2 Å².